The van der Waals surface area contributed by atoms with E-state index in [4.69, 9.17) is 16.3 Å². The largest absolute Gasteiger partial charge is 0.497 e. The number of carbonyl (C=O) groups excluding carboxylic acids is 1. The smallest absolute Gasteiger partial charge is 0.256 e. The van der Waals surface area contributed by atoms with Gasteiger partial charge in [-0.1, -0.05) is 35.9 Å². The number of H-pyrrole nitrogens is 1. The molecule has 4 aromatic rings. The van der Waals surface area contributed by atoms with Crippen LogP contribution in [0.1, 0.15) is 36.1 Å². The quantitative estimate of drug-likeness (QED) is 0.397. The molecule has 8 nitrogen and oxygen atoms in total. The van der Waals surface area contributed by atoms with E-state index in [9.17, 15) is 9.90 Å². The van der Waals surface area contributed by atoms with Crippen molar-refractivity contribution in [1.82, 2.24) is 25.1 Å². The molecule has 0 aliphatic carbocycles. The van der Waals surface area contributed by atoms with Crippen LogP contribution in [0.25, 0.3) is 22.5 Å². The SMILES string of the molecule is COc1cccc(C(O)C(=O)N2CCC(c3[nH]nc(-c4ccc(Cl)cc4)c3-c3ccncn3)CC2)c1. The Balaban J connectivity index is 1.36. The summed E-state index contributed by atoms with van der Waals surface area (Å²) in [5.74, 6) is 0.455. The van der Waals surface area contributed by atoms with Gasteiger partial charge in [0.2, 0.25) is 0 Å². The van der Waals surface area contributed by atoms with Crippen molar-refractivity contribution in [3.8, 4) is 28.3 Å². The number of nitrogens with zero attached hydrogens (tertiary/aromatic N) is 4. The van der Waals surface area contributed by atoms with E-state index in [1.54, 1.807) is 42.5 Å². The number of ether oxygens (including phenoxy) is 1. The van der Waals surface area contributed by atoms with Crippen LogP contribution in [-0.4, -0.2) is 56.3 Å². The first kappa shape index (κ1) is 24.0. The minimum absolute atomic E-state index is 0.154. The first-order chi connectivity index (χ1) is 17.5. The number of rotatable bonds is 6. The number of nitrogens with one attached hydrogen (secondary N) is 1. The minimum atomic E-state index is -1.23. The Morgan fingerprint density at radius 3 is 2.64 bits per heavy atom. The lowest BCUT2D eigenvalue weighted by molar-refractivity contribution is -0.141. The van der Waals surface area contributed by atoms with Gasteiger partial charge in [0.15, 0.2) is 6.10 Å². The number of hydrogen-bond acceptors (Lipinski definition) is 6. The molecule has 1 amide bonds. The van der Waals surface area contributed by atoms with Gasteiger partial charge in [0.25, 0.3) is 5.91 Å². The highest BCUT2D eigenvalue weighted by Gasteiger charge is 2.31. The van der Waals surface area contributed by atoms with Crippen molar-refractivity contribution in [3.05, 3.63) is 83.4 Å². The Morgan fingerprint density at radius 1 is 1.17 bits per heavy atom. The molecule has 36 heavy (non-hydrogen) atoms. The van der Waals surface area contributed by atoms with E-state index in [2.05, 4.69) is 20.2 Å². The summed E-state index contributed by atoms with van der Waals surface area (Å²) in [5, 5.41) is 19.3. The summed E-state index contributed by atoms with van der Waals surface area (Å²) in [6.07, 6.45) is 3.48. The van der Waals surface area contributed by atoms with E-state index in [0.717, 1.165) is 41.1 Å². The van der Waals surface area contributed by atoms with Gasteiger partial charge in [0, 0.05) is 47.0 Å². The summed E-state index contributed by atoms with van der Waals surface area (Å²) >= 11 is 6.09. The summed E-state index contributed by atoms with van der Waals surface area (Å²) < 4.78 is 5.22. The van der Waals surface area contributed by atoms with Gasteiger partial charge in [-0.25, -0.2) is 9.97 Å². The van der Waals surface area contributed by atoms with Crippen LogP contribution in [0.3, 0.4) is 0 Å². The van der Waals surface area contributed by atoms with E-state index in [1.807, 2.05) is 30.3 Å². The van der Waals surface area contributed by atoms with Gasteiger partial charge in [-0.05, 0) is 48.7 Å². The van der Waals surface area contributed by atoms with Crippen molar-refractivity contribution in [2.45, 2.75) is 24.9 Å². The van der Waals surface area contributed by atoms with Gasteiger partial charge in [0.05, 0.1) is 12.8 Å². The molecule has 3 heterocycles. The highest BCUT2D eigenvalue weighted by atomic mass is 35.5. The van der Waals surface area contributed by atoms with Crippen molar-refractivity contribution < 1.29 is 14.6 Å². The van der Waals surface area contributed by atoms with Crippen LogP contribution in [-0.2, 0) is 4.79 Å². The van der Waals surface area contributed by atoms with Crippen molar-refractivity contribution >= 4 is 17.5 Å². The third-order valence-corrected chi connectivity index (χ3v) is 6.86. The summed E-state index contributed by atoms with van der Waals surface area (Å²) in [6, 6.07) is 16.4. The zero-order valence-electron chi connectivity index (χ0n) is 19.8. The fourth-order valence-electron chi connectivity index (χ4n) is 4.68. The lowest BCUT2D eigenvalue weighted by Crippen LogP contribution is -2.40. The first-order valence-electron chi connectivity index (χ1n) is 11.8. The molecule has 1 atom stereocenters. The van der Waals surface area contributed by atoms with Crippen LogP contribution in [0, 0.1) is 0 Å². The molecule has 9 heteroatoms. The Labute approximate surface area is 213 Å². The third-order valence-electron chi connectivity index (χ3n) is 6.61. The monoisotopic (exact) mass is 503 g/mol. The molecule has 0 spiro atoms. The number of benzene rings is 2. The number of hydrogen-bond donors (Lipinski definition) is 2. The molecule has 2 aromatic carbocycles. The predicted molar refractivity (Wildman–Crippen MR) is 137 cm³/mol. The van der Waals surface area contributed by atoms with E-state index < -0.39 is 6.10 Å². The van der Waals surface area contributed by atoms with Crippen molar-refractivity contribution in [3.63, 3.8) is 0 Å². The average molecular weight is 504 g/mol. The van der Waals surface area contributed by atoms with Crippen LogP contribution in [0.15, 0.2) is 67.1 Å². The topological polar surface area (TPSA) is 104 Å². The average Bonchev–Trinajstić information content (AvgIpc) is 3.38. The summed E-state index contributed by atoms with van der Waals surface area (Å²) in [6.45, 7) is 1.06. The molecule has 2 N–H and O–H groups in total. The number of piperidine rings is 1. The Morgan fingerprint density at radius 2 is 1.94 bits per heavy atom. The molecule has 1 aliphatic heterocycles. The molecule has 1 unspecified atom stereocenters. The molecular weight excluding hydrogens is 478 g/mol. The van der Waals surface area contributed by atoms with Gasteiger partial charge in [-0.3, -0.25) is 9.89 Å². The van der Waals surface area contributed by atoms with E-state index in [0.29, 0.717) is 29.4 Å². The molecule has 2 aromatic heterocycles. The molecule has 0 saturated carbocycles. The van der Waals surface area contributed by atoms with Crippen molar-refractivity contribution in [1.29, 1.82) is 0 Å². The fraction of sp³-hybridized carbons (Fsp3) is 0.259. The Bertz CT molecular complexity index is 1340. The zero-order valence-corrected chi connectivity index (χ0v) is 20.5. The number of likely N-dealkylation sites (tertiary alicyclic amines) is 1. The first-order valence-corrected chi connectivity index (χ1v) is 12.1. The van der Waals surface area contributed by atoms with E-state index >= 15 is 0 Å². The molecule has 1 aliphatic rings. The number of halogens is 1. The molecule has 1 saturated heterocycles. The van der Waals surface area contributed by atoms with Crippen LogP contribution < -0.4 is 4.74 Å². The minimum Gasteiger partial charge on any atom is -0.497 e. The van der Waals surface area contributed by atoms with Gasteiger partial charge in [-0.15, -0.1) is 0 Å². The lowest BCUT2D eigenvalue weighted by atomic mass is 9.88. The Hall–Kier alpha value is -3.75. The number of aliphatic hydroxyl groups is 1. The van der Waals surface area contributed by atoms with Gasteiger partial charge in [0.1, 0.15) is 17.8 Å². The van der Waals surface area contributed by atoms with Crippen LogP contribution in [0.4, 0.5) is 0 Å². The molecule has 1 fully saturated rings. The second kappa shape index (κ2) is 10.5. The molecule has 0 bridgehead atoms. The van der Waals surface area contributed by atoms with Crippen LogP contribution >= 0.6 is 11.6 Å². The summed E-state index contributed by atoms with van der Waals surface area (Å²) in [4.78, 5) is 23.3. The standard InChI is InChI=1S/C27H26ClN5O3/c1-36-21-4-2-3-19(15-21)26(34)27(35)33-13-10-18(11-14-33)25-23(22-9-12-29-16-30-22)24(31-32-25)17-5-7-20(28)8-6-17/h2-9,12,15-16,18,26,34H,10-11,13-14H2,1H3,(H,31,32). The number of carbonyl (C=O) groups is 1. The molecular formula is C27H26ClN5O3. The maximum Gasteiger partial charge on any atom is 0.256 e. The number of methoxy groups -OCH3 is 1. The van der Waals surface area contributed by atoms with E-state index in [1.165, 1.54) is 6.33 Å². The second-order valence-corrected chi connectivity index (χ2v) is 9.18. The highest BCUT2D eigenvalue weighted by Crippen LogP contribution is 2.39. The zero-order chi connectivity index (χ0) is 25.1. The molecule has 0 radical (unpaired) electrons. The number of amides is 1. The second-order valence-electron chi connectivity index (χ2n) is 8.74. The fourth-order valence-corrected chi connectivity index (χ4v) is 4.81. The molecule has 184 valence electrons. The maximum absolute atomic E-state index is 13.0. The number of aromatic amines is 1. The van der Waals surface area contributed by atoms with Gasteiger partial charge < -0.3 is 14.7 Å². The van der Waals surface area contributed by atoms with Crippen LogP contribution in [0.5, 0.6) is 5.75 Å². The van der Waals surface area contributed by atoms with Crippen molar-refractivity contribution in [2.75, 3.05) is 20.2 Å². The maximum atomic E-state index is 13.0. The Kier molecular flexibility index (Phi) is 6.97. The summed E-state index contributed by atoms with van der Waals surface area (Å²) in [5.41, 5.74) is 4.95. The highest BCUT2D eigenvalue weighted by molar-refractivity contribution is 6.30. The van der Waals surface area contributed by atoms with Crippen LogP contribution in [0.2, 0.25) is 5.02 Å². The van der Waals surface area contributed by atoms with E-state index in [-0.39, 0.29) is 11.8 Å². The van der Waals surface area contributed by atoms with Gasteiger partial charge in [-0.2, -0.15) is 5.10 Å². The summed E-state index contributed by atoms with van der Waals surface area (Å²) in [7, 11) is 1.56. The molecule has 5 rings (SSSR count). The third kappa shape index (κ3) is 4.82. The van der Waals surface area contributed by atoms with Gasteiger partial charge >= 0.3 is 0 Å². The number of aliphatic hydroxyl groups excluding tert-OH is 1. The predicted octanol–water partition coefficient (Wildman–Crippen LogP) is 4.64. The number of aromatic nitrogens is 4. The normalized spacial score (nSPS) is 15.0. The lowest BCUT2D eigenvalue weighted by Gasteiger charge is -2.33. The van der Waals surface area contributed by atoms with Crippen molar-refractivity contribution in [2.24, 2.45) is 0 Å².